The zero-order chi connectivity index (χ0) is 14.6. The van der Waals surface area contributed by atoms with E-state index in [1.165, 1.54) is 7.05 Å². The Morgan fingerprint density at radius 1 is 1.32 bits per heavy atom. The van der Waals surface area contributed by atoms with Crippen molar-refractivity contribution in [2.45, 2.75) is 35.9 Å². The number of carboxylic acid groups (broad SMARTS) is 1. The number of ether oxygens (including phenoxy) is 1. The summed E-state index contributed by atoms with van der Waals surface area (Å²) in [5, 5.41) is 49.3. The van der Waals surface area contributed by atoms with Crippen LogP contribution in [-0.2, 0) is 9.53 Å². The van der Waals surface area contributed by atoms with Gasteiger partial charge in [0, 0.05) is 5.75 Å². The highest BCUT2D eigenvalue weighted by Gasteiger charge is 2.43. The van der Waals surface area contributed by atoms with E-state index in [0.29, 0.717) is 0 Å². The molecule has 19 heavy (non-hydrogen) atoms. The van der Waals surface area contributed by atoms with Gasteiger partial charge in [0.05, 0.1) is 6.61 Å². The first-order valence-corrected chi connectivity index (χ1v) is 6.79. The molecule has 1 saturated heterocycles. The maximum atomic E-state index is 10.8. The van der Waals surface area contributed by atoms with E-state index in [4.69, 9.17) is 14.9 Å². The molecule has 8 nitrogen and oxygen atoms in total. The van der Waals surface area contributed by atoms with Crippen molar-refractivity contribution in [1.82, 2.24) is 5.32 Å². The SMILES string of the molecule is CN[C@@H](CSC1OC(CO)C(O)C(O)C1O)C(=O)O. The fraction of sp³-hybridized carbons (Fsp3) is 0.900. The van der Waals surface area contributed by atoms with Crippen molar-refractivity contribution >= 4 is 17.7 Å². The van der Waals surface area contributed by atoms with Crippen LogP contribution in [0.25, 0.3) is 0 Å². The van der Waals surface area contributed by atoms with E-state index in [2.05, 4.69) is 5.32 Å². The molecule has 0 aliphatic carbocycles. The van der Waals surface area contributed by atoms with Crippen LogP contribution in [0.1, 0.15) is 0 Å². The minimum atomic E-state index is -1.44. The minimum Gasteiger partial charge on any atom is -0.480 e. The Bertz CT molecular complexity index is 304. The first kappa shape index (κ1) is 16.6. The van der Waals surface area contributed by atoms with Crippen LogP contribution < -0.4 is 5.32 Å². The number of rotatable bonds is 6. The van der Waals surface area contributed by atoms with Crippen molar-refractivity contribution in [1.29, 1.82) is 0 Å². The Kier molecular flexibility index (Phi) is 6.47. The summed E-state index contributed by atoms with van der Waals surface area (Å²) in [6.07, 6.45) is -5.18. The number of nitrogens with one attached hydrogen (secondary N) is 1. The number of likely N-dealkylation sites (N-methyl/N-ethyl adjacent to an activating group) is 1. The second-order valence-corrected chi connectivity index (χ2v) is 5.34. The Hall–Kier alpha value is -0.420. The van der Waals surface area contributed by atoms with Crippen molar-refractivity contribution in [3.63, 3.8) is 0 Å². The molecule has 0 saturated carbocycles. The first-order chi connectivity index (χ1) is 8.92. The van der Waals surface area contributed by atoms with Gasteiger partial charge in [-0.25, -0.2) is 0 Å². The Morgan fingerprint density at radius 3 is 2.42 bits per heavy atom. The van der Waals surface area contributed by atoms with Gasteiger partial charge in [-0.2, -0.15) is 0 Å². The van der Waals surface area contributed by atoms with Crippen molar-refractivity contribution in [2.75, 3.05) is 19.4 Å². The monoisotopic (exact) mass is 297 g/mol. The molecule has 6 atom stereocenters. The van der Waals surface area contributed by atoms with Gasteiger partial charge in [0.2, 0.25) is 0 Å². The third kappa shape index (κ3) is 4.02. The van der Waals surface area contributed by atoms with Crippen LogP contribution in [0.2, 0.25) is 0 Å². The smallest absolute Gasteiger partial charge is 0.321 e. The molecule has 1 heterocycles. The molecule has 6 N–H and O–H groups in total. The second-order valence-electron chi connectivity index (χ2n) is 4.21. The molecule has 0 spiro atoms. The third-order valence-corrected chi connectivity index (χ3v) is 4.17. The molecule has 0 aromatic carbocycles. The molecule has 9 heteroatoms. The summed E-state index contributed by atoms with van der Waals surface area (Å²) < 4.78 is 5.24. The van der Waals surface area contributed by atoms with Crippen molar-refractivity contribution in [2.24, 2.45) is 0 Å². The molecule has 0 radical (unpaired) electrons. The maximum absolute atomic E-state index is 10.8. The van der Waals surface area contributed by atoms with Gasteiger partial charge in [-0.1, -0.05) is 0 Å². The lowest BCUT2D eigenvalue weighted by atomic mass is 10.0. The molecular weight excluding hydrogens is 278 g/mol. The van der Waals surface area contributed by atoms with E-state index in [9.17, 15) is 20.1 Å². The van der Waals surface area contributed by atoms with Crippen LogP contribution in [0.5, 0.6) is 0 Å². The quantitative estimate of drug-likeness (QED) is 0.306. The fourth-order valence-corrected chi connectivity index (χ4v) is 2.95. The van der Waals surface area contributed by atoms with E-state index >= 15 is 0 Å². The number of carbonyl (C=O) groups is 1. The van der Waals surface area contributed by atoms with Crippen LogP contribution in [0.4, 0.5) is 0 Å². The summed E-state index contributed by atoms with van der Waals surface area (Å²) >= 11 is 0.994. The second kappa shape index (κ2) is 7.39. The molecule has 1 aliphatic heterocycles. The van der Waals surface area contributed by atoms with E-state index in [-0.39, 0.29) is 5.75 Å². The predicted octanol–water partition coefficient (Wildman–Crippen LogP) is -2.81. The number of thioether (sulfide) groups is 1. The number of aliphatic carboxylic acids is 1. The van der Waals surface area contributed by atoms with Crippen LogP contribution in [0, 0.1) is 0 Å². The zero-order valence-electron chi connectivity index (χ0n) is 10.3. The normalized spacial score (nSPS) is 37.0. The summed E-state index contributed by atoms with van der Waals surface area (Å²) in [6, 6.07) is -0.822. The average molecular weight is 297 g/mol. The lowest BCUT2D eigenvalue weighted by Crippen LogP contribution is -2.57. The Labute approximate surface area is 114 Å². The van der Waals surface area contributed by atoms with E-state index in [1.807, 2.05) is 0 Å². The van der Waals surface area contributed by atoms with Gasteiger partial charge in [-0.05, 0) is 7.05 Å². The van der Waals surface area contributed by atoms with Gasteiger partial charge in [-0.3, -0.25) is 4.79 Å². The van der Waals surface area contributed by atoms with Gasteiger partial charge in [0.15, 0.2) is 0 Å². The molecule has 5 unspecified atom stereocenters. The topological polar surface area (TPSA) is 139 Å². The average Bonchev–Trinajstić information content (AvgIpc) is 2.38. The summed E-state index contributed by atoms with van der Waals surface area (Å²) in [5.41, 5.74) is -0.911. The Morgan fingerprint density at radius 2 is 1.95 bits per heavy atom. The highest BCUT2D eigenvalue weighted by atomic mass is 32.2. The standard InChI is InChI=1S/C10H19NO7S/c1-11-4(9(16)17)3-19-10-8(15)7(14)6(13)5(2-12)18-10/h4-8,10-15H,2-3H2,1H3,(H,16,17)/t4-,5?,6?,7?,8?,10?/m0/s1. The van der Waals surface area contributed by atoms with Gasteiger partial charge < -0.3 is 35.6 Å². The number of aliphatic hydroxyl groups excluding tert-OH is 4. The summed E-state index contributed by atoms with van der Waals surface area (Å²) in [7, 11) is 1.49. The number of aliphatic hydroxyl groups is 4. The van der Waals surface area contributed by atoms with E-state index < -0.39 is 48.5 Å². The van der Waals surface area contributed by atoms with Crippen molar-refractivity contribution < 1.29 is 35.1 Å². The van der Waals surface area contributed by atoms with Crippen molar-refractivity contribution in [3.8, 4) is 0 Å². The lowest BCUT2D eigenvalue weighted by molar-refractivity contribution is -0.205. The van der Waals surface area contributed by atoms with Gasteiger partial charge >= 0.3 is 5.97 Å². The minimum absolute atomic E-state index is 0.106. The molecule has 0 amide bonds. The third-order valence-electron chi connectivity index (χ3n) is 2.92. The van der Waals surface area contributed by atoms with Crippen LogP contribution in [0.3, 0.4) is 0 Å². The van der Waals surface area contributed by atoms with Crippen LogP contribution in [-0.4, -0.2) is 86.8 Å². The fourth-order valence-electron chi connectivity index (χ4n) is 1.67. The zero-order valence-corrected chi connectivity index (χ0v) is 11.2. The molecule has 1 fully saturated rings. The molecule has 1 aliphatic rings. The molecule has 0 aromatic heterocycles. The predicted molar refractivity (Wildman–Crippen MR) is 66.7 cm³/mol. The molecule has 0 aromatic rings. The summed E-state index contributed by atoms with van der Waals surface area (Å²) in [4.78, 5) is 10.8. The number of hydrogen-bond acceptors (Lipinski definition) is 8. The maximum Gasteiger partial charge on any atom is 0.321 e. The van der Waals surface area contributed by atoms with Crippen molar-refractivity contribution in [3.05, 3.63) is 0 Å². The van der Waals surface area contributed by atoms with E-state index in [1.54, 1.807) is 0 Å². The summed E-state index contributed by atoms with van der Waals surface area (Å²) in [5.74, 6) is -0.936. The van der Waals surface area contributed by atoms with Gasteiger partial charge in [0.25, 0.3) is 0 Å². The molecular formula is C10H19NO7S. The van der Waals surface area contributed by atoms with Gasteiger partial charge in [0.1, 0.15) is 35.9 Å². The highest BCUT2D eigenvalue weighted by molar-refractivity contribution is 7.99. The van der Waals surface area contributed by atoms with Crippen LogP contribution >= 0.6 is 11.8 Å². The molecule has 112 valence electrons. The highest BCUT2D eigenvalue weighted by Crippen LogP contribution is 2.28. The largest absolute Gasteiger partial charge is 0.480 e. The molecule has 1 rings (SSSR count). The first-order valence-electron chi connectivity index (χ1n) is 5.74. The van der Waals surface area contributed by atoms with Crippen LogP contribution in [0.15, 0.2) is 0 Å². The Balaban J connectivity index is 2.59. The number of carboxylic acids is 1. The lowest BCUT2D eigenvalue weighted by Gasteiger charge is -2.39. The number of hydrogen-bond donors (Lipinski definition) is 6. The summed E-state index contributed by atoms with van der Waals surface area (Å²) in [6.45, 7) is -0.504. The molecule has 0 bridgehead atoms. The van der Waals surface area contributed by atoms with E-state index in [0.717, 1.165) is 11.8 Å². The van der Waals surface area contributed by atoms with Gasteiger partial charge in [-0.15, -0.1) is 11.8 Å².